The number of benzene rings is 1. The lowest BCUT2D eigenvalue weighted by molar-refractivity contribution is -0.127. The SMILES string of the molecule is NC1(C(=O)NCCCn2ccc3ccccc32)CCCCC1. The molecule has 1 amide bonds. The van der Waals surface area contributed by atoms with E-state index in [-0.39, 0.29) is 5.91 Å². The first-order valence-electron chi connectivity index (χ1n) is 8.30. The molecule has 0 radical (unpaired) electrons. The van der Waals surface area contributed by atoms with Gasteiger partial charge in [-0.05, 0) is 36.8 Å². The quantitative estimate of drug-likeness (QED) is 0.834. The van der Waals surface area contributed by atoms with Gasteiger partial charge in [0.25, 0.3) is 0 Å². The van der Waals surface area contributed by atoms with E-state index in [1.807, 2.05) is 0 Å². The molecule has 3 rings (SSSR count). The molecule has 0 aliphatic heterocycles. The van der Waals surface area contributed by atoms with E-state index in [1.54, 1.807) is 0 Å². The molecule has 0 saturated heterocycles. The summed E-state index contributed by atoms with van der Waals surface area (Å²) < 4.78 is 2.24. The molecule has 0 atom stereocenters. The summed E-state index contributed by atoms with van der Waals surface area (Å²) in [6.07, 6.45) is 8.01. The van der Waals surface area contributed by atoms with E-state index in [1.165, 1.54) is 17.3 Å². The van der Waals surface area contributed by atoms with E-state index in [9.17, 15) is 4.79 Å². The molecule has 1 aliphatic rings. The Hall–Kier alpha value is -1.81. The summed E-state index contributed by atoms with van der Waals surface area (Å²) in [4.78, 5) is 12.3. The number of carbonyl (C=O) groups is 1. The lowest BCUT2D eigenvalue weighted by Crippen LogP contribution is -2.55. The Kier molecular flexibility index (Phi) is 4.48. The molecule has 1 aliphatic carbocycles. The molecule has 3 N–H and O–H groups in total. The van der Waals surface area contributed by atoms with E-state index in [2.05, 4.69) is 46.4 Å². The fourth-order valence-electron chi connectivity index (χ4n) is 3.37. The first kappa shape index (κ1) is 15.1. The molecule has 1 aromatic carbocycles. The van der Waals surface area contributed by atoms with Gasteiger partial charge in [-0.25, -0.2) is 0 Å². The first-order chi connectivity index (χ1) is 10.7. The number of hydrogen-bond donors (Lipinski definition) is 2. The number of hydrogen-bond acceptors (Lipinski definition) is 2. The van der Waals surface area contributed by atoms with E-state index < -0.39 is 5.54 Å². The fourth-order valence-corrected chi connectivity index (χ4v) is 3.37. The highest BCUT2D eigenvalue weighted by molar-refractivity contribution is 5.86. The van der Waals surface area contributed by atoms with Gasteiger partial charge in [-0.2, -0.15) is 0 Å². The summed E-state index contributed by atoms with van der Waals surface area (Å²) in [6, 6.07) is 10.5. The van der Waals surface area contributed by atoms with Crippen molar-refractivity contribution in [1.29, 1.82) is 0 Å². The van der Waals surface area contributed by atoms with Crippen molar-refractivity contribution < 1.29 is 4.79 Å². The summed E-state index contributed by atoms with van der Waals surface area (Å²) in [5.41, 5.74) is 6.86. The first-order valence-corrected chi connectivity index (χ1v) is 8.30. The molecular weight excluding hydrogens is 274 g/mol. The van der Waals surface area contributed by atoms with Gasteiger partial charge < -0.3 is 15.6 Å². The number of para-hydroxylation sites is 1. The lowest BCUT2D eigenvalue weighted by atomic mass is 9.82. The van der Waals surface area contributed by atoms with Crippen molar-refractivity contribution in [3.05, 3.63) is 36.5 Å². The zero-order chi connectivity index (χ0) is 15.4. The van der Waals surface area contributed by atoms with Crippen molar-refractivity contribution in [2.75, 3.05) is 6.54 Å². The van der Waals surface area contributed by atoms with Gasteiger partial charge in [-0.1, -0.05) is 37.5 Å². The van der Waals surface area contributed by atoms with Crippen molar-refractivity contribution >= 4 is 16.8 Å². The van der Waals surface area contributed by atoms with Crippen LogP contribution in [0.3, 0.4) is 0 Å². The van der Waals surface area contributed by atoms with Crippen molar-refractivity contribution in [3.63, 3.8) is 0 Å². The third-order valence-electron chi connectivity index (χ3n) is 4.74. The number of amides is 1. The predicted octanol–water partition coefficient (Wildman–Crippen LogP) is 2.81. The lowest BCUT2D eigenvalue weighted by Gasteiger charge is -2.31. The minimum atomic E-state index is -0.627. The van der Waals surface area contributed by atoms with Crippen LogP contribution in [0.5, 0.6) is 0 Å². The van der Waals surface area contributed by atoms with Crippen molar-refractivity contribution in [2.24, 2.45) is 5.73 Å². The van der Waals surface area contributed by atoms with Crippen molar-refractivity contribution in [1.82, 2.24) is 9.88 Å². The molecule has 118 valence electrons. The topological polar surface area (TPSA) is 60.1 Å². The zero-order valence-corrected chi connectivity index (χ0v) is 13.1. The van der Waals surface area contributed by atoms with Gasteiger partial charge in [0.05, 0.1) is 5.54 Å². The van der Waals surface area contributed by atoms with Crippen LogP contribution in [0.2, 0.25) is 0 Å². The molecular formula is C18H25N3O. The van der Waals surface area contributed by atoms with Crippen LogP contribution in [0.4, 0.5) is 0 Å². The van der Waals surface area contributed by atoms with Gasteiger partial charge in [0.15, 0.2) is 0 Å². The van der Waals surface area contributed by atoms with Crippen LogP contribution >= 0.6 is 0 Å². The van der Waals surface area contributed by atoms with Crippen molar-refractivity contribution in [2.45, 2.75) is 50.6 Å². The largest absolute Gasteiger partial charge is 0.354 e. The maximum atomic E-state index is 12.3. The minimum absolute atomic E-state index is 0.0320. The number of aromatic nitrogens is 1. The summed E-state index contributed by atoms with van der Waals surface area (Å²) in [6.45, 7) is 1.59. The zero-order valence-electron chi connectivity index (χ0n) is 13.1. The molecule has 0 unspecified atom stereocenters. The normalized spacial score (nSPS) is 17.5. The minimum Gasteiger partial charge on any atom is -0.354 e. The van der Waals surface area contributed by atoms with Crippen LogP contribution in [-0.4, -0.2) is 22.6 Å². The van der Waals surface area contributed by atoms with E-state index in [0.717, 1.165) is 38.6 Å². The summed E-state index contributed by atoms with van der Waals surface area (Å²) in [7, 11) is 0. The van der Waals surface area contributed by atoms with Gasteiger partial charge in [-0.15, -0.1) is 0 Å². The third kappa shape index (κ3) is 3.17. The monoisotopic (exact) mass is 299 g/mol. The Bertz CT molecular complexity index is 641. The Morgan fingerprint density at radius 3 is 2.77 bits per heavy atom. The highest BCUT2D eigenvalue weighted by atomic mass is 16.2. The number of rotatable bonds is 5. The second kappa shape index (κ2) is 6.53. The molecule has 1 saturated carbocycles. The molecule has 4 heteroatoms. The third-order valence-corrected chi connectivity index (χ3v) is 4.74. The van der Waals surface area contributed by atoms with Gasteiger partial charge in [0.2, 0.25) is 5.91 Å². The van der Waals surface area contributed by atoms with Gasteiger partial charge in [0.1, 0.15) is 0 Å². The van der Waals surface area contributed by atoms with Gasteiger partial charge in [-0.3, -0.25) is 4.79 Å². The van der Waals surface area contributed by atoms with E-state index >= 15 is 0 Å². The van der Waals surface area contributed by atoms with Crippen molar-refractivity contribution in [3.8, 4) is 0 Å². The molecule has 1 fully saturated rings. The standard InChI is InChI=1S/C18H25N3O/c19-18(10-4-1-5-11-18)17(22)20-12-6-13-21-14-9-15-7-2-3-8-16(15)21/h2-3,7-9,14H,1,4-6,10-13,19H2,(H,20,22). The molecule has 1 aromatic heterocycles. The van der Waals surface area contributed by atoms with E-state index in [0.29, 0.717) is 6.54 Å². The van der Waals surface area contributed by atoms with Crippen LogP contribution in [-0.2, 0) is 11.3 Å². The number of nitrogens with two attached hydrogens (primary N) is 1. The number of carbonyl (C=O) groups excluding carboxylic acids is 1. The predicted molar refractivity (Wildman–Crippen MR) is 89.6 cm³/mol. The highest BCUT2D eigenvalue weighted by Crippen LogP contribution is 2.25. The van der Waals surface area contributed by atoms with Crippen LogP contribution in [0.15, 0.2) is 36.5 Å². The Morgan fingerprint density at radius 2 is 1.95 bits per heavy atom. The number of aryl methyl sites for hydroxylation is 1. The molecule has 0 bridgehead atoms. The molecule has 0 spiro atoms. The molecule has 22 heavy (non-hydrogen) atoms. The second-order valence-electron chi connectivity index (χ2n) is 6.39. The highest BCUT2D eigenvalue weighted by Gasteiger charge is 2.34. The number of nitrogens with one attached hydrogen (secondary N) is 1. The average Bonchev–Trinajstić information content (AvgIpc) is 2.95. The maximum absolute atomic E-state index is 12.3. The summed E-state index contributed by atoms with van der Waals surface area (Å²) in [5, 5.41) is 4.29. The Morgan fingerprint density at radius 1 is 1.18 bits per heavy atom. The molecule has 4 nitrogen and oxygen atoms in total. The van der Waals surface area contributed by atoms with E-state index in [4.69, 9.17) is 5.73 Å². The summed E-state index contributed by atoms with van der Waals surface area (Å²) in [5.74, 6) is 0.0320. The fraction of sp³-hybridized carbons (Fsp3) is 0.500. The molecule has 2 aromatic rings. The number of nitrogens with zero attached hydrogens (tertiary/aromatic N) is 1. The van der Waals surface area contributed by atoms with Gasteiger partial charge >= 0.3 is 0 Å². The maximum Gasteiger partial charge on any atom is 0.240 e. The number of fused-ring (bicyclic) bond motifs is 1. The van der Waals surface area contributed by atoms with Crippen LogP contribution in [0, 0.1) is 0 Å². The molecule has 1 heterocycles. The van der Waals surface area contributed by atoms with Gasteiger partial charge in [0, 0.05) is 24.8 Å². The smallest absolute Gasteiger partial charge is 0.240 e. The Labute approximate surface area is 131 Å². The second-order valence-corrected chi connectivity index (χ2v) is 6.39. The van der Waals surface area contributed by atoms with Crippen LogP contribution in [0.1, 0.15) is 38.5 Å². The average molecular weight is 299 g/mol. The van der Waals surface area contributed by atoms with Crippen LogP contribution < -0.4 is 11.1 Å². The Balaban J connectivity index is 1.48. The van der Waals surface area contributed by atoms with Crippen LogP contribution in [0.25, 0.3) is 10.9 Å². The summed E-state index contributed by atoms with van der Waals surface area (Å²) >= 11 is 0.